The highest BCUT2D eigenvalue weighted by atomic mass is 32.1. The highest BCUT2D eigenvalue weighted by molar-refractivity contribution is 7.15. The molecular formula is C30H36N2O3S. The summed E-state index contributed by atoms with van der Waals surface area (Å²) in [5.74, 6) is 0.0966. The zero-order valence-electron chi connectivity index (χ0n) is 21.4. The summed E-state index contributed by atoms with van der Waals surface area (Å²) in [5, 5.41) is 22.4. The molecule has 0 aliphatic heterocycles. The fourth-order valence-electron chi connectivity index (χ4n) is 6.63. The summed E-state index contributed by atoms with van der Waals surface area (Å²) in [4.78, 5) is 21.8. The molecular weight excluding hydrogens is 468 g/mol. The zero-order valence-corrected chi connectivity index (χ0v) is 22.2. The lowest BCUT2D eigenvalue weighted by Gasteiger charge is -2.58. The van der Waals surface area contributed by atoms with Crippen molar-refractivity contribution in [2.24, 2.45) is 16.7 Å². The number of rotatable bonds is 6. The summed E-state index contributed by atoms with van der Waals surface area (Å²) in [6, 6.07) is 20.3. The Hall–Kier alpha value is -2.54. The molecule has 1 aromatic heterocycles. The third-order valence-electron chi connectivity index (χ3n) is 8.98. The van der Waals surface area contributed by atoms with Crippen LogP contribution < -0.4 is 0 Å². The van der Waals surface area contributed by atoms with Crippen LogP contribution in [0.2, 0.25) is 0 Å². The number of nitrogens with zero attached hydrogens (tertiary/aromatic N) is 2. The van der Waals surface area contributed by atoms with E-state index in [2.05, 4.69) is 19.1 Å². The lowest BCUT2D eigenvalue weighted by Crippen LogP contribution is -2.57. The zero-order chi connectivity index (χ0) is 25.5. The number of amides is 1. The fourth-order valence-corrected chi connectivity index (χ4v) is 7.80. The molecule has 1 saturated carbocycles. The van der Waals surface area contributed by atoms with E-state index in [0.29, 0.717) is 19.4 Å². The Morgan fingerprint density at radius 2 is 1.78 bits per heavy atom. The van der Waals surface area contributed by atoms with Gasteiger partial charge in [0.25, 0.3) is 0 Å². The van der Waals surface area contributed by atoms with Crippen molar-refractivity contribution in [1.82, 2.24) is 9.88 Å². The van der Waals surface area contributed by atoms with Crippen molar-refractivity contribution >= 4 is 17.2 Å². The molecule has 0 bridgehead atoms. The minimum atomic E-state index is -0.612. The summed E-state index contributed by atoms with van der Waals surface area (Å²) in [7, 11) is 1.87. The summed E-state index contributed by atoms with van der Waals surface area (Å²) in [5.41, 5.74) is 2.38. The van der Waals surface area contributed by atoms with Crippen molar-refractivity contribution in [2.75, 3.05) is 13.7 Å². The first-order valence-corrected chi connectivity index (χ1v) is 13.7. The van der Waals surface area contributed by atoms with Gasteiger partial charge in [-0.15, -0.1) is 11.3 Å². The monoisotopic (exact) mass is 504 g/mol. The number of aromatic nitrogens is 1. The van der Waals surface area contributed by atoms with Crippen LogP contribution in [0.5, 0.6) is 0 Å². The maximum atomic E-state index is 13.6. The average Bonchev–Trinajstić information content (AvgIpc) is 3.32. The van der Waals surface area contributed by atoms with E-state index in [1.807, 2.05) is 67.4 Å². The minimum absolute atomic E-state index is 0.0625. The van der Waals surface area contributed by atoms with Gasteiger partial charge in [0, 0.05) is 41.8 Å². The number of aliphatic hydroxyl groups excluding tert-OH is 2. The molecule has 2 aliphatic carbocycles. The Balaban J connectivity index is 1.52. The number of fused-ring (bicyclic) bond motifs is 2. The molecule has 5 unspecified atom stereocenters. The van der Waals surface area contributed by atoms with Crippen LogP contribution in [0.15, 0.2) is 60.7 Å². The normalized spacial score (nSPS) is 29.3. The second-order valence-electron chi connectivity index (χ2n) is 11.2. The molecule has 5 atom stereocenters. The van der Waals surface area contributed by atoms with Crippen molar-refractivity contribution in [2.45, 2.75) is 58.1 Å². The summed E-state index contributed by atoms with van der Waals surface area (Å²) in [6.45, 7) is 4.78. The van der Waals surface area contributed by atoms with E-state index in [1.165, 1.54) is 4.88 Å². The molecule has 1 amide bonds. The van der Waals surface area contributed by atoms with Crippen molar-refractivity contribution in [3.05, 3.63) is 76.8 Å². The van der Waals surface area contributed by atoms with Crippen LogP contribution in [-0.4, -0.2) is 45.8 Å². The Kier molecular flexibility index (Phi) is 6.79. The number of carbonyl (C=O) groups excluding carboxylic acids is 1. The molecule has 1 fully saturated rings. The van der Waals surface area contributed by atoms with Gasteiger partial charge in [0.05, 0.1) is 18.4 Å². The molecule has 0 radical (unpaired) electrons. The van der Waals surface area contributed by atoms with Gasteiger partial charge in [-0.25, -0.2) is 4.98 Å². The Morgan fingerprint density at radius 1 is 1.11 bits per heavy atom. The van der Waals surface area contributed by atoms with Crippen LogP contribution in [0, 0.1) is 16.7 Å². The van der Waals surface area contributed by atoms with Crippen LogP contribution in [0.4, 0.5) is 0 Å². The SMILES string of the molecule is CN(Cc1ccccc1)C(=O)CC1c2nc(-c3ccccc3)sc2CC2C(C)(CO)C(O)CCC12C. The average molecular weight is 505 g/mol. The van der Waals surface area contributed by atoms with Crippen LogP contribution in [0.25, 0.3) is 10.6 Å². The van der Waals surface area contributed by atoms with Gasteiger partial charge in [-0.2, -0.15) is 0 Å². The number of hydrogen-bond donors (Lipinski definition) is 2. The largest absolute Gasteiger partial charge is 0.396 e. The molecule has 0 saturated heterocycles. The van der Waals surface area contributed by atoms with Crippen LogP contribution in [0.3, 0.4) is 0 Å². The van der Waals surface area contributed by atoms with Gasteiger partial charge in [0.2, 0.25) is 5.91 Å². The first-order valence-electron chi connectivity index (χ1n) is 12.9. The van der Waals surface area contributed by atoms with Gasteiger partial charge in [-0.1, -0.05) is 74.5 Å². The van der Waals surface area contributed by atoms with Crippen LogP contribution in [-0.2, 0) is 17.8 Å². The molecule has 2 N–H and O–H groups in total. The van der Waals surface area contributed by atoms with E-state index in [4.69, 9.17) is 4.98 Å². The predicted molar refractivity (Wildman–Crippen MR) is 144 cm³/mol. The molecule has 5 rings (SSSR count). The van der Waals surface area contributed by atoms with E-state index in [-0.39, 0.29) is 29.8 Å². The molecule has 6 heteroatoms. The van der Waals surface area contributed by atoms with Gasteiger partial charge < -0.3 is 15.1 Å². The Bertz CT molecular complexity index is 1210. The van der Waals surface area contributed by atoms with Crippen molar-refractivity contribution in [1.29, 1.82) is 0 Å². The van der Waals surface area contributed by atoms with Crippen molar-refractivity contribution < 1.29 is 15.0 Å². The smallest absolute Gasteiger partial charge is 0.223 e. The number of benzene rings is 2. The van der Waals surface area contributed by atoms with Crippen molar-refractivity contribution in [3.63, 3.8) is 0 Å². The lowest BCUT2D eigenvalue weighted by atomic mass is 9.47. The van der Waals surface area contributed by atoms with Gasteiger partial charge in [0.15, 0.2) is 0 Å². The summed E-state index contributed by atoms with van der Waals surface area (Å²) in [6.07, 6.45) is 2.03. The predicted octanol–water partition coefficient (Wildman–Crippen LogP) is 5.27. The minimum Gasteiger partial charge on any atom is -0.396 e. The van der Waals surface area contributed by atoms with E-state index < -0.39 is 11.5 Å². The fraction of sp³-hybridized carbons (Fsp3) is 0.467. The van der Waals surface area contributed by atoms with Crippen LogP contribution in [0.1, 0.15) is 55.2 Å². The quantitative estimate of drug-likeness (QED) is 0.479. The molecule has 1 heterocycles. The molecule has 3 aromatic rings. The van der Waals surface area contributed by atoms with Gasteiger partial charge in [-0.05, 0) is 36.2 Å². The maximum Gasteiger partial charge on any atom is 0.223 e. The Morgan fingerprint density at radius 3 is 2.44 bits per heavy atom. The standard InChI is InChI=1S/C30H36N2O3S/c1-29-15-14-25(34)30(2,19-33)24(29)17-23-27(31-28(36-23)21-12-8-5-9-13-21)22(29)16-26(35)32(3)18-20-10-6-4-7-11-20/h4-13,22,24-25,33-34H,14-19H2,1-3H3. The van der Waals surface area contributed by atoms with Crippen LogP contribution >= 0.6 is 11.3 Å². The lowest BCUT2D eigenvalue weighted by molar-refractivity contribution is -0.147. The number of thiazole rings is 1. The van der Waals surface area contributed by atoms with Gasteiger partial charge >= 0.3 is 0 Å². The van der Waals surface area contributed by atoms with E-state index in [9.17, 15) is 15.0 Å². The number of carbonyl (C=O) groups is 1. The number of aliphatic hydroxyl groups is 2. The van der Waals surface area contributed by atoms with Gasteiger partial charge in [-0.3, -0.25) is 4.79 Å². The van der Waals surface area contributed by atoms with Gasteiger partial charge in [0.1, 0.15) is 5.01 Å². The summed E-state index contributed by atoms with van der Waals surface area (Å²) < 4.78 is 0. The first kappa shape index (κ1) is 25.1. The highest BCUT2D eigenvalue weighted by Crippen LogP contribution is 2.63. The summed E-state index contributed by atoms with van der Waals surface area (Å²) >= 11 is 1.70. The second-order valence-corrected chi connectivity index (χ2v) is 12.3. The second kappa shape index (κ2) is 9.73. The Labute approximate surface area is 217 Å². The molecule has 2 aromatic carbocycles. The first-order chi connectivity index (χ1) is 17.3. The van der Waals surface area contributed by atoms with Crippen molar-refractivity contribution in [3.8, 4) is 10.6 Å². The third-order valence-corrected chi connectivity index (χ3v) is 10.1. The topological polar surface area (TPSA) is 73.7 Å². The molecule has 36 heavy (non-hydrogen) atoms. The molecule has 0 spiro atoms. The maximum absolute atomic E-state index is 13.6. The molecule has 5 nitrogen and oxygen atoms in total. The highest BCUT2D eigenvalue weighted by Gasteiger charge is 2.59. The molecule has 190 valence electrons. The third kappa shape index (κ3) is 4.29. The van der Waals surface area contributed by atoms with E-state index in [1.54, 1.807) is 11.3 Å². The molecule has 2 aliphatic rings. The van der Waals surface area contributed by atoms with E-state index in [0.717, 1.165) is 34.7 Å². The number of hydrogen-bond acceptors (Lipinski definition) is 5. The van der Waals surface area contributed by atoms with E-state index >= 15 is 0 Å².